The van der Waals surface area contributed by atoms with E-state index in [-0.39, 0.29) is 17.2 Å². The zero-order valence-electron chi connectivity index (χ0n) is 12.6. The standard InChI is InChI=1S/C16H15BrN2O3S/c1-10-3-5-14(13(17)7-10)18-23(21,22)12-4-6-15-11(8-12)9-16(20)19(15)2/h3-8,18H,9H2,1-2H3. The van der Waals surface area contributed by atoms with E-state index in [1.165, 1.54) is 11.0 Å². The van der Waals surface area contributed by atoms with Gasteiger partial charge in [-0.1, -0.05) is 6.07 Å². The van der Waals surface area contributed by atoms with E-state index in [0.717, 1.165) is 16.8 Å². The fraction of sp³-hybridized carbons (Fsp3) is 0.188. The predicted octanol–water partition coefficient (Wildman–Crippen LogP) is 3.08. The van der Waals surface area contributed by atoms with E-state index in [0.29, 0.717) is 10.2 Å². The fourth-order valence-corrected chi connectivity index (χ4v) is 4.37. The minimum atomic E-state index is -3.72. The molecule has 2 aromatic rings. The zero-order valence-corrected chi connectivity index (χ0v) is 15.0. The van der Waals surface area contributed by atoms with Crippen LogP contribution < -0.4 is 9.62 Å². The first-order valence-electron chi connectivity index (χ1n) is 6.96. The summed E-state index contributed by atoms with van der Waals surface area (Å²) < 4.78 is 28.4. The highest BCUT2D eigenvalue weighted by molar-refractivity contribution is 9.10. The summed E-state index contributed by atoms with van der Waals surface area (Å²) in [4.78, 5) is 13.4. The quantitative estimate of drug-likeness (QED) is 0.869. The van der Waals surface area contributed by atoms with Gasteiger partial charge in [0, 0.05) is 17.2 Å². The normalized spacial score (nSPS) is 14.0. The van der Waals surface area contributed by atoms with Crippen molar-refractivity contribution in [2.45, 2.75) is 18.2 Å². The van der Waals surface area contributed by atoms with Crippen LogP contribution in [0.3, 0.4) is 0 Å². The number of carbonyl (C=O) groups excluding carboxylic acids is 1. The van der Waals surface area contributed by atoms with Crippen LogP contribution in [0.2, 0.25) is 0 Å². The molecular formula is C16H15BrN2O3S. The average Bonchev–Trinajstić information content (AvgIpc) is 2.77. The van der Waals surface area contributed by atoms with Crippen LogP contribution in [-0.2, 0) is 21.2 Å². The van der Waals surface area contributed by atoms with E-state index in [4.69, 9.17) is 0 Å². The highest BCUT2D eigenvalue weighted by Crippen LogP contribution is 2.31. The first-order valence-corrected chi connectivity index (χ1v) is 9.24. The number of rotatable bonds is 3. The van der Waals surface area contributed by atoms with Crippen molar-refractivity contribution in [3.63, 3.8) is 0 Å². The average molecular weight is 395 g/mol. The van der Waals surface area contributed by atoms with Crippen LogP contribution in [0.1, 0.15) is 11.1 Å². The Hall–Kier alpha value is -1.86. The van der Waals surface area contributed by atoms with E-state index in [1.54, 1.807) is 25.2 Å². The summed E-state index contributed by atoms with van der Waals surface area (Å²) >= 11 is 3.36. The molecule has 5 nitrogen and oxygen atoms in total. The number of anilines is 2. The number of amides is 1. The number of sulfonamides is 1. The number of nitrogens with zero attached hydrogens (tertiary/aromatic N) is 1. The van der Waals surface area contributed by atoms with Gasteiger partial charge in [0.05, 0.1) is 17.0 Å². The SMILES string of the molecule is Cc1ccc(NS(=O)(=O)c2ccc3c(c2)CC(=O)N3C)c(Br)c1. The van der Waals surface area contributed by atoms with Crippen molar-refractivity contribution in [1.82, 2.24) is 0 Å². The molecule has 0 aliphatic carbocycles. The van der Waals surface area contributed by atoms with Gasteiger partial charge in [-0.2, -0.15) is 0 Å². The number of aryl methyl sites for hydroxylation is 1. The van der Waals surface area contributed by atoms with Gasteiger partial charge in [0.2, 0.25) is 5.91 Å². The fourth-order valence-electron chi connectivity index (χ4n) is 2.52. The van der Waals surface area contributed by atoms with Gasteiger partial charge in [-0.15, -0.1) is 0 Å². The molecule has 0 spiro atoms. The molecule has 0 atom stereocenters. The third kappa shape index (κ3) is 2.98. The minimum Gasteiger partial charge on any atom is -0.315 e. The Labute approximate surface area is 143 Å². The Morgan fingerprint density at radius 2 is 1.91 bits per heavy atom. The van der Waals surface area contributed by atoms with Crippen LogP contribution in [-0.4, -0.2) is 21.4 Å². The van der Waals surface area contributed by atoms with Crippen LogP contribution in [0.25, 0.3) is 0 Å². The summed E-state index contributed by atoms with van der Waals surface area (Å²) in [5.74, 6) is -0.0382. The van der Waals surface area contributed by atoms with Crippen molar-refractivity contribution in [2.75, 3.05) is 16.7 Å². The van der Waals surface area contributed by atoms with Crippen LogP contribution in [0, 0.1) is 6.92 Å². The highest BCUT2D eigenvalue weighted by atomic mass is 79.9. The molecule has 3 rings (SSSR count). The molecule has 23 heavy (non-hydrogen) atoms. The number of hydrogen-bond acceptors (Lipinski definition) is 3. The third-order valence-corrected chi connectivity index (χ3v) is 5.83. The van der Waals surface area contributed by atoms with Gasteiger partial charge in [-0.05, 0) is 64.3 Å². The molecule has 0 unspecified atom stereocenters. The molecule has 120 valence electrons. The molecule has 2 aromatic carbocycles. The molecule has 0 aromatic heterocycles. The second-order valence-corrected chi connectivity index (χ2v) is 8.05. The number of nitrogens with one attached hydrogen (secondary N) is 1. The lowest BCUT2D eigenvalue weighted by molar-refractivity contribution is -0.117. The maximum Gasteiger partial charge on any atom is 0.261 e. The lowest BCUT2D eigenvalue weighted by Crippen LogP contribution is -2.20. The topological polar surface area (TPSA) is 66.5 Å². The first kappa shape index (κ1) is 16.0. The number of fused-ring (bicyclic) bond motifs is 1. The zero-order chi connectivity index (χ0) is 16.8. The lowest BCUT2D eigenvalue weighted by Gasteiger charge is -2.13. The van der Waals surface area contributed by atoms with Gasteiger partial charge in [-0.3, -0.25) is 9.52 Å². The van der Waals surface area contributed by atoms with Crippen molar-refractivity contribution in [3.05, 3.63) is 52.0 Å². The Kier molecular flexibility index (Phi) is 3.93. The number of hydrogen-bond donors (Lipinski definition) is 1. The van der Waals surface area contributed by atoms with E-state index in [1.807, 2.05) is 19.1 Å². The van der Waals surface area contributed by atoms with Gasteiger partial charge < -0.3 is 4.90 Å². The molecular weight excluding hydrogens is 380 g/mol. The van der Waals surface area contributed by atoms with Crippen LogP contribution >= 0.6 is 15.9 Å². The van der Waals surface area contributed by atoms with Gasteiger partial charge in [0.15, 0.2) is 0 Å². The molecule has 1 aliphatic heterocycles. The van der Waals surface area contributed by atoms with E-state index in [2.05, 4.69) is 20.7 Å². The van der Waals surface area contributed by atoms with Crippen molar-refractivity contribution in [3.8, 4) is 0 Å². The molecule has 0 saturated carbocycles. The van der Waals surface area contributed by atoms with Crippen molar-refractivity contribution >= 4 is 43.2 Å². The summed E-state index contributed by atoms with van der Waals surface area (Å²) in [5.41, 5.74) is 2.98. The van der Waals surface area contributed by atoms with E-state index in [9.17, 15) is 13.2 Å². The van der Waals surface area contributed by atoms with E-state index >= 15 is 0 Å². The number of likely N-dealkylation sites (N-methyl/N-ethyl adjacent to an activating group) is 1. The maximum atomic E-state index is 12.6. The first-order chi connectivity index (χ1) is 10.8. The van der Waals surface area contributed by atoms with Gasteiger partial charge in [0.25, 0.3) is 10.0 Å². The maximum absolute atomic E-state index is 12.6. The molecule has 0 radical (unpaired) electrons. The smallest absolute Gasteiger partial charge is 0.261 e. The van der Waals surface area contributed by atoms with Crippen molar-refractivity contribution in [1.29, 1.82) is 0 Å². The van der Waals surface area contributed by atoms with Crippen molar-refractivity contribution < 1.29 is 13.2 Å². The van der Waals surface area contributed by atoms with Crippen LogP contribution in [0.4, 0.5) is 11.4 Å². The summed E-state index contributed by atoms with van der Waals surface area (Å²) in [6.45, 7) is 1.93. The largest absolute Gasteiger partial charge is 0.315 e. The minimum absolute atomic E-state index is 0.0382. The molecule has 0 fully saturated rings. The molecule has 0 bridgehead atoms. The molecule has 1 amide bonds. The second kappa shape index (κ2) is 5.65. The number of carbonyl (C=O) groups is 1. The molecule has 7 heteroatoms. The number of halogens is 1. The third-order valence-electron chi connectivity index (χ3n) is 3.81. The monoisotopic (exact) mass is 394 g/mol. The Bertz CT molecular complexity index is 910. The summed E-state index contributed by atoms with van der Waals surface area (Å²) in [6, 6.07) is 10.1. The van der Waals surface area contributed by atoms with E-state index < -0.39 is 10.0 Å². The Morgan fingerprint density at radius 3 is 2.61 bits per heavy atom. The molecule has 1 N–H and O–H groups in total. The summed E-state index contributed by atoms with van der Waals surface area (Å²) in [5, 5.41) is 0. The second-order valence-electron chi connectivity index (χ2n) is 5.51. The highest BCUT2D eigenvalue weighted by Gasteiger charge is 2.26. The molecule has 1 heterocycles. The molecule has 0 saturated heterocycles. The predicted molar refractivity (Wildman–Crippen MR) is 93.2 cm³/mol. The van der Waals surface area contributed by atoms with Crippen LogP contribution in [0.5, 0.6) is 0 Å². The molecule has 1 aliphatic rings. The summed E-state index contributed by atoms with van der Waals surface area (Å²) in [7, 11) is -2.03. The Morgan fingerprint density at radius 1 is 1.17 bits per heavy atom. The summed E-state index contributed by atoms with van der Waals surface area (Å²) in [6.07, 6.45) is 0.226. The Balaban J connectivity index is 1.95. The van der Waals surface area contributed by atoms with Crippen molar-refractivity contribution in [2.24, 2.45) is 0 Å². The van der Waals surface area contributed by atoms with Gasteiger partial charge in [-0.25, -0.2) is 8.42 Å². The van der Waals surface area contributed by atoms with Gasteiger partial charge in [0.1, 0.15) is 0 Å². The number of benzene rings is 2. The van der Waals surface area contributed by atoms with Crippen LogP contribution in [0.15, 0.2) is 45.8 Å². The lowest BCUT2D eigenvalue weighted by atomic mass is 10.2. The van der Waals surface area contributed by atoms with Gasteiger partial charge >= 0.3 is 0 Å².